The first-order chi connectivity index (χ1) is 7.98. The van der Waals surface area contributed by atoms with Crippen molar-refractivity contribution >= 4 is 15.8 Å². The van der Waals surface area contributed by atoms with Crippen LogP contribution in [-0.4, -0.2) is 30.7 Å². The number of carboxylic acid groups (broad SMARTS) is 1. The number of hydrogen-bond acceptors (Lipinski definition) is 5. The molecule has 1 aromatic heterocycles. The molecule has 0 amide bonds. The predicted octanol–water partition coefficient (Wildman–Crippen LogP) is 1.59. The minimum Gasteiger partial charge on any atom is -0.475 e. The Balaban J connectivity index is 3.47. The molecule has 0 aliphatic rings. The standard InChI is InChI=1S/C9H11F2NO5S/c1-9(2,18(3,15)16)8-12-4(6(10)11)5(17-8)7(13)14/h6H,1-3H3,(H,13,14). The number of carbonyl (C=O) groups is 1. The normalized spacial score (nSPS) is 13.0. The number of alkyl halides is 2. The number of oxazole rings is 1. The van der Waals surface area contributed by atoms with Gasteiger partial charge in [0, 0.05) is 6.26 Å². The third-order valence-electron chi connectivity index (χ3n) is 2.50. The van der Waals surface area contributed by atoms with E-state index in [2.05, 4.69) is 9.40 Å². The van der Waals surface area contributed by atoms with Crippen LogP contribution >= 0.6 is 0 Å². The molecule has 6 nitrogen and oxygen atoms in total. The van der Waals surface area contributed by atoms with Gasteiger partial charge in [-0.25, -0.2) is 27.0 Å². The van der Waals surface area contributed by atoms with E-state index >= 15 is 0 Å². The van der Waals surface area contributed by atoms with Gasteiger partial charge in [-0.2, -0.15) is 0 Å². The van der Waals surface area contributed by atoms with Crippen LogP contribution in [-0.2, 0) is 14.6 Å². The first-order valence-corrected chi connectivity index (χ1v) is 6.60. The average molecular weight is 283 g/mol. The van der Waals surface area contributed by atoms with E-state index in [9.17, 15) is 22.0 Å². The Morgan fingerprint density at radius 2 is 1.94 bits per heavy atom. The van der Waals surface area contributed by atoms with Gasteiger partial charge in [0.1, 0.15) is 4.75 Å². The topological polar surface area (TPSA) is 97.5 Å². The van der Waals surface area contributed by atoms with Gasteiger partial charge in [-0.3, -0.25) is 0 Å². The zero-order valence-corrected chi connectivity index (χ0v) is 10.6. The first kappa shape index (κ1) is 14.6. The summed E-state index contributed by atoms with van der Waals surface area (Å²) in [7, 11) is -3.70. The number of carboxylic acids is 1. The highest BCUT2D eigenvalue weighted by Crippen LogP contribution is 2.32. The summed E-state index contributed by atoms with van der Waals surface area (Å²) in [6.07, 6.45) is -2.29. The van der Waals surface area contributed by atoms with E-state index in [0.717, 1.165) is 6.26 Å². The molecule has 0 aliphatic heterocycles. The quantitative estimate of drug-likeness (QED) is 0.901. The van der Waals surface area contributed by atoms with Crippen LogP contribution in [0.15, 0.2) is 4.42 Å². The molecule has 0 saturated heterocycles. The Morgan fingerprint density at radius 3 is 2.22 bits per heavy atom. The van der Waals surface area contributed by atoms with Crippen LogP contribution < -0.4 is 0 Å². The van der Waals surface area contributed by atoms with Gasteiger partial charge in [-0.05, 0) is 13.8 Å². The number of sulfone groups is 1. The summed E-state index contributed by atoms with van der Waals surface area (Å²) in [6, 6.07) is 0. The molecule has 0 saturated carbocycles. The van der Waals surface area contributed by atoms with Crippen LogP contribution in [0.5, 0.6) is 0 Å². The van der Waals surface area contributed by atoms with Crippen LogP contribution in [0.3, 0.4) is 0 Å². The zero-order valence-electron chi connectivity index (χ0n) is 9.77. The Morgan fingerprint density at radius 1 is 1.44 bits per heavy atom. The molecule has 0 unspecified atom stereocenters. The van der Waals surface area contributed by atoms with Gasteiger partial charge in [0.05, 0.1) is 0 Å². The van der Waals surface area contributed by atoms with E-state index in [1.54, 1.807) is 0 Å². The number of aromatic carboxylic acids is 1. The predicted molar refractivity (Wildman–Crippen MR) is 56.3 cm³/mol. The molecule has 0 aliphatic carbocycles. The molecule has 1 rings (SSSR count). The largest absolute Gasteiger partial charge is 0.475 e. The molecule has 1 N–H and O–H groups in total. The molecular weight excluding hydrogens is 272 g/mol. The Bertz CT molecular complexity index is 576. The fourth-order valence-electron chi connectivity index (χ4n) is 1.05. The number of halogens is 2. The van der Waals surface area contributed by atoms with Crippen molar-refractivity contribution in [1.29, 1.82) is 0 Å². The highest BCUT2D eigenvalue weighted by atomic mass is 32.2. The minimum atomic E-state index is -3.70. The fraction of sp³-hybridized carbons (Fsp3) is 0.556. The number of nitrogens with zero attached hydrogens (tertiary/aromatic N) is 1. The van der Waals surface area contributed by atoms with E-state index < -0.39 is 44.3 Å². The van der Waals surface area contributed by atoms with E-state index in [-0.39, 0.29) is 0 Å². The van der Waals surface area contributed by atoms with Gasteiger partial charge in [0.15, 0.2) is 15.5 Å². The van der Waals surface area contributed by atoms with Gasteiger partial charge in [-0.1, -0.05) is 0 Å². The van der Waals surface area contributed by atoms with E-state index in [1.165, 1.54) is 13.8 Å². The number of hydrogen-bond donors (Lipinski definition) is 1. The van der Waals surface area contributed by atoms with E-state index in [1.807, 2.05) is 0 Å². The van der Waals surface area contributed by atoms with Crippen LogP contribution in [0, 0.1) is 0 Å². The van der Waals surface area contributed by atoms with Crippen molar-refractivity contribution in [2.75, 3.05) is 6.26 Å². The maximum absolute atomic E-state index is 12.6. The Kier molecular flexibility index (Phi) is 3.48. The number of rotatable bonds is 4. The number of aromatic nitrogens is 1. The summed E-state index contributed by atoms with van der Waals surface area (Å²) in [5.41, 5.74) is -1.07. The lowest BCUT2D eigenvalue weighted by molar-refractivity contribution is 0.0643. The van der Waals surface area contributed by atoms with Crippen molar-refractivity contribution < 1.29 is 31.5 Å². The summed E-state index contributed by atoms with van der Waals surface area (Å²) >= 11 is 0. The van der Waals surface area contributed by atoms with Crippen molar-refractivity contribution in [3.63, 3.8) is 0 Å². The van der Waals surface area contributed by atoms with Crippen molar-refractivity contribution in [1.82, 2.24) is 4.98 Å². The summed E-state index contributed by atoms with van der Waals surface area (Å²) in [5, 5.41) is 8.68. The average Bonchev–Trinajstić information content (AvgIpc) is 2.60. The zero-order chi connectivity index (χ0) is 14.3. The molecule has 0 atom stereocenters. The van der Waals surface area contributed by atoms with Crippen molar-refractivity contribution in [2.45, 2.75) is 25.0 Å². The molecule has 0 aromatic carbocycles. The lowest BCUT2D eigenvalue weighted by Gasteiger charge is -2.17. The summed E-state index contributed by atoms with van der Waals surface area (Å²) in [6.45, 7) is 2.38. The molecular formula is C9H11F2NO5S. The van der Waals surface area contributed by atoms with Crippen LogP contribution in [0.1, 0.15) is 42.4 Å². The molecule has 0 bridgehead atoms. The van der Waals surface area contributed by atoms with E-state index in [0.29, 0.717) is 0 Å². The maximum Gasteiger partial charge on any atom is 0.374 e. The molecule has 9 heteroatoms. The molecule has 1 heterocycles. The lowest BCUT2D eigenvalue weighted by atomic mass is 10.2. The molecule has 0 fully saturated rings. The monoisotopic (exact) mass is 283 g/mol. The first-order valence-electron chi connectivity index (χ1n) is 4.70. The maximum atomic E-state index is 12.6. The fourth-order valence-corrected chi connectivity index (χ4v) is 1.45. The van der Waals surface area contributed by atoms with Crippen molar-refractivity contribution in [3.8, 4) is 0 Å². The molecule has 0 radical (unpaired) electrons. The molecule has 102 valence electrons. The highest BCUT2D eigenvalue weighted by Gasteiger charge is 2.40. The van der Waals surface area contributed by atoms with Crippen LogP contribution in [0.25, 0.3) is 0 Å². The minimum absolute atomic E-state index is 0.572. The molecule has 0 spiro atoms. The van der Waals surface area contributed by atoms with Crippen molar-refractivity contribution in [2.24, 2.45) is 0 Å². The third kappa shape index (κ3) is 2.35. The Hall–Kier alpha value is -1.51. The van der Waals surface area contributed by atoms with Gasteiger partial charge >= 0.3 is 5.97 Å². The van der Waals surface area contributed by atoms with E-state index in [4.69, 9.17) is 5.11 Å². The Labute approximate surface area is 102 Å². The highest BCUT2D eigenvalue weighted by molar-refractivity contribution is 7.91. The van der Waals surface area contributed by atoms with Crippen molar-refractivity contribution in [3.05, 3.63) is 17.3 Å². The second kappa shape index (κ2) is 4.30. The molecule has 18 heavy (non-hydrogen) atoms. The lowest BCUT2D eigenvalue weighted by Crippen LogP contribution is -2.28. The third-order valence-corrected chi connectivity index (χ3v) is 4.52. The van der Waals surface area contributed by atoms with Crippen LogP contribution in [0.4, 0.5) is 8.78 Å². The van der Waals surface area contributed by atoms with Crippen LogP contribution in [0.2, 0.25) is 0 Å². The second-order valence-electron chi connectivity index (χ2n) is 4.12. The second-order valence-corrected chi connectivity index (χ2v) is 6.69. The summed E-state index contributed by atoms with van der Waals surface area (Å²) in [5.74, 6) is -3.34. The van der Waals surface area contributed by atoms with Gasteiger partial charge < -0.3 is 9.52 Å². The van der Waals surface area contributed by atoms with Gasteiger partial charge in [0.2, 0.25) is 11.7 Å². The smallest absolute Gasteiger partial charge is 0.374 e. The SMILES string of the molecule is CC(C)(c1nc(C(F)F)c(C(=O)O)o1)S(C)(=O)=O. The van der Waals surface area contributed by atoms with Gasteiger partial charge in [-0.15, -0.1) is 0 Å². The summed E-state index contributed by atoms with van der Waals surface area (Å²) in [4.78, 5) is 14.0. The molecule has 1 aromatic rings. The van der Waals surface area contributed by atoms with Gasteiger partial charge in [0.25, 0.3) is 6.43 Å². The summed E-state index contributed by atoms with van der Waals surface area (Å²) < 4.78 is 51.0.